The summed E-state index contributed by atoms with van der Waals surface area (Å²) in [7, 11) is 1.64. The third kappa shape index (κ3) is 2.82. The zero-order valence-electron chi connectivity index (χ0n) is 13.6. The van der Waals surface area contributed by atoms with Gasteiger partial charge in [0.1, 0.15) is 11.8 Å². The smallest absolute Gasteiger partial charge is 0.275 e. The Labute approximate surface area is 153 Å². The standard InChI is InChI=1S/C19H16BrN3O2/c1-25-14-9-7-12(8-10-14)11-23-17(13-5-3-2-4-6-13)15-16(18(23)24)22-19(20)21-15/h2-10,17H,11H2,1H3,(H,21,22). The second kappa shape index (κ2) is 6.37. The maximum absolute atomic E-state index is 12.9. The van der Waals surface area contributed by atoms with Crippen LogP contribution in [0.5, 0.6) is 5.75 Å². The Kier molecular flexibility index (Phi) is 4.05. The lowest BCUT2D eigenvalue weighted by Gasteiger charge is -2.25. The molecule has 1 atom stereocenters. The molecule has 1 N–H and O–H groups in total. The van der Waals surface area contributed by atoms with E-state index in [0.29, 0.717) is 17.0 Å². The number of nitrogens with one attached hydrogen (secondary N) is 1. The Bertz CT molecular complexity index is 906. The lowest BCUT2D eigenvalue weighted by molar-refractivity contribution is 0.0729. The van der Waals surface area contributed by atoms with E-state index >= 15 is 0 Å². The number of fused-ring (bicyclic) bond motifs is 1. The largest absolute Gasteiger partial charge is 0.497 e. The first-order valence-corrected chi connectivity index (χ1v) is 8.71. The minimum atomic E-state index is -0.176. The van der Waals surface area contributed by atoms with E-state index in [4.69, 9.17) is 4.74 Å². The second-order valence-corrected chi connectivity index (χ2v) is 6.64. The molecule has 1 aliphatic rings. The third-order valence-electron chi connectivity index (χ3n) is 4.38. The van der Waals surface area contributed by atoms with Crippen LogP contribution in [-0.2, 0) is 6.54 Å². The summed E-state index contributed by atoms with van der Waals surface area (Å²) >= 11 is 3.34. The summed E-state index contributed by atoms with van der Waals surface area (Å²) in [5.74, 6) is 0.730. The van der Waals surface area contributed by atoms with Crippen molar-refractivity contribution in [2.45, 2.75) is 12.6 Å². The van der Waals surface area contributed by atoms with Crippen LogP contribution < -0.4 is 4.74 Å². The zero-order chi connectivity index (χ0) is 17.4. The van der Waals surface area contributed by atoms with Gasteiger partial charge in [0, 0.05) is 6.54 Å². The molecule has 5 nitrogen and oxygen atoms in total. The number of ether oxygens (including phenoxy) is 1. The quantitative estimate of drug-likeness (QED) is 0.725. The number of aromatic nitrogens is 2. The highest BCUT2D eigenvalue weighted by Gasteiger charge is 2.40. The van der Waals surface area contributed by atoms with Crippen molar-refractivity contribution in [3.05, 3.63) is 81.8 Å². The third-order valence-corrected chi connectivity index (χ3v) is 4.75. The fourth-order valence-corrected chi connectivity index (χ4v) is 3.59. The van der Waals surface area contributed by atoms with Gasteiger partial charge in [-0.25, -0.2) is 4.98 Å². The molecule has 1 aliphatic heterocycles. The van der Waals surface area contributed by atoms with E-state index in [2.05, 4.69) is 25.9 Å². The minimum Gasteiger partial charge on any atom is -0.497 e. The van der Waals surface area contributed by atoms with Crippen molar-refractivity contribution in [3.8, 4) is 5.75 Å². The number of amides is 1. The Morgan fingerprint density at radius 1 is 1.16 bits per heavy atom. The van der Waals surface area contributed by atoms with Crippen molar-refractivity contribution >= 4 is 21.8 Å². The van der Waals surface area contributed by atoms with Gasteiger partial charge in [0.05, 0.1) is 12.8 Å². The van der Waals surface area contributed by atoms with Crippen molar-refractivity contribution in [2.75, 3.05) is 7.11 Å². The summed E-state index contributed by atoms with van der Waals surface area (Å²) in [5, 5.41) is 0. The lowest BCUT2D eigenvalue weighted by Crippen LogP contribution is -2.29. The van der Waals surface area contributed by atoms with Gasteiger partial charge in [-0.1, -0.05) is 42.5 Å². The first-order chi connectivity index (χ1) is 12.2. The van der Waals surface area contributed by atoms with Gasteiger partial charge >= 0.3 is 0 Å². The van der Waals surface area contributed by atoms with Crippen molar-refractivity contribution in [2.24, 2.45) is 0 Å². The molecule has 0 aliphatic carbocycles. The molecule has 3 aromatic rings. The van der Waals surface area contributed by atoms with Crippen molar-refractivity contribution in [1.82, 2.24) is 14.9 Å². The number of hydrogen-bond acceptors (Lipinski definition) is 3. The molecule has 2 aromatic carbocycles. The van der Waals surface area contributed by atoms with E-state index in [1.807, 2.05) is 59.5 Å². The Morgan fingerprint density at radius 3 is 2.56 bits per heavy atom. The molecule has 1 unspecified atom stereocenters. The van der Waals surface area contributed by atoms with E-state index < -0.39 is 0 Å². The van der Waals surface area contributed by atoms with E-state index in [0.717, 1.165) is 22.6 Å². The maximum Gasteiger partial charge on any atom is 0.275 e. The van der Waals surface area contributed by atoms with Crippen LogP contribution in [0.15, 0.2) is 59.3 Å². The molecule has 1 aromatic heterocycles. The zero-order valence-corrected chi connectivity index (χ0v) is 15.2. The topological polar surface area (TPSA) is 58.2 Å². The van der Waals surface area contributed by atoms with Gasteiger partial charge in [0.25, 0.3) is 5.91 Å². The molecule has 6 heteroatoms. The van der Waals surface area contributed by atoms with Crippen LogP contribution in [0.3, 0.4) is 0 Å². The van der Waals surface area contributed by atoms with E-state index in [1.54, 1.807) is 7.11 Å². The van der Waals surface area contributed by atoms with E-state index in [1.165, 1.54) is 0 Å². The summed E-state index contributed by atoms with van der Waals surface area (Å²) in [4.78, 5) is 22.3. The van der Waals surface area contributed by atoms with Crippen LogP contribution >= 0.6 is 15.9 Å². The molecule has 0 fully saturated rings. The average Bonchev–Trinajstić information content (AvgIpc) is 3.13. The average molecular weight is 398 g/mol. The molecule has 0 bridgehead atoms. The number of aromatic amines is 1. The fourth-order valence-electron chi connectivity index (χ4n) is 3.20. The fraction of sp³-hybridized carbons (Fsp3) is 0.158. The van der Waals surface area contributed by atoms with Gasteiger partial charge in [-0.2, -0.15) is 0 Å². The van der Waals surface area contributed by atoms with Gasteiger partial charge in [0.2, 0.25) is 0 Å². The summed E-state index contributed by atoms with van der Waals surface area (Å²) in [5.41, 5.74) is 3.41. The number of nitrogens with zero attached hydrogens (tertiary/aromatic N) is 2. The summed E-state index contributed by atoms with van der Waals surface area (Å²) in [6.07, 6.45) is 0. The van der Waals surface area contributed by atoms with Gasteiger partial charge in [-0.3, -0.25) is 4.79 Å². The molecule has 126 valence electrons. The van der Waals surface area contributed by atoms with E-state index in [9.17, 15) is 4.79 Å². The number of imidazole rings is 1. The van der Waals surface area contributed by atoms with E-state index in [-0.39, 0.29) is 11.9 Å². The van der Waals surface area contributed by atoms with Crippen LogP contribution in [0.4, 0.5) is 0 Å². The summed E-state index contributed by atoms with van der Waals surface area (Å²) in [6.45, 7) is 0.504. The monoisotopic (exact) mass is 397 g/mol. The van der Waals surface area contributed by atoms with Crippen molar-refractivity contribution < 1.29 is 9.53 Å². The summed E-state index contributed by atoms with van der Waals surface area (Å²) < 4.78 is 5.78. The van der Waals surface area contributed by atoms with Crippen LogP contribution in [0.2, 0.25) is 0 Å². The lowest BCUT2D eigenvalue weighted by atomic mass is 10.0. The number of methoxy groups -OCH3 is 1. The molecular formula is C19H16BrN3O2. The Morgan fingerprint density at radius 2 is 1.88 bits per heavy atom. The molecule has 0 saturated carbocycles. The molecule has 0 saturated heterocycles. The molecular weight excluding hydrogens is 382 g/mol. The number of H-pyrrole nitrogens is 1. The number of carbonyl (C=O) groups excluding carboxylic acids is 1. The summed E-state index contributed by atoms with van der Waals surface area (Å²) in [6, 6.07) is 17.6. The van der Waals surface area contributed by atoms with Gasteiger partial charge in [-0.05, 0) is 39.2 Å². The predicted octanol–water partition coefficient (Wildman–Crippen LogP) is 3.93. The minimum absolute atomic E-state index is 0.0679. The van der Waals surface area contributed by atoms with Crippen LogP contribution in [0.1, 0.15) is 33.4 Å². The highest BCUT2D eigenvalue weighted by atomic mass is 79.9. The molecule has 2 heterocycles. The Hall–Kier alpha value is -2.60. The number of rotatable bonds is 4. The highest BCUT2D eigenvalue weighted by Crippen LogP contribution is 2.38. The van der Waals surface area contributed by atoms with Gasteiger partial charge < -0.3 is 14.6 Å². The molecule has 0 spiro atoms. The molecule has 1 amide bonds. The number of carbonyl (C=O) groups is 1. The van der Waals surface area contributed by atoms with Crippen molar-refractivity contribution in [1.29, 1.82) is 0 Å². The number of halogens is 1. The highest BCUT2D eigenvalue weighted by molar-refractivity contribution is 9.10. The van der Waals surface area contributed by atoms with Crippen LogP contribution in [0, 0.1) is 0 Å². The maximum atomic E-state index is 12.9. The molecule has 0 radical (unpaired) electrons. The SMILES string of the molecule is COc1ccc(CN2C(=O)c3nc(Br)[nH]c3C2c2ccccc2)cc1. The normalized spacial score (nSPS) is 16.2. The first-order valence-electron chi connectivity index (χ1n) is 7.91. The molecule has 4 rings (SSSR count). The molecule has 25 heavy (non-hydrogen) atoms. The van der Waals surface area contributed by atoms with Crippen LogP contribution in [-0.4, -0.2) is 27.9 Å². The number of benzene rings is 2. The van der Waals surface area contributed by atoms with Gasteiger partial charge in [-0.15, -0.1) is 0 Å². The van der Waals surface area contributed by atoms with Crippen molar-refractivity contribution in [3.63, 3.8) is 0 Å². The van der Waals surface area contributed by atoms with Crippen LogP contribution in [0.25, 0.3) is 0 Å². The Balaban J connectivity index is 1.72. The second-order valence-electron chi connectivity index (χ2n) is 5.88. The van der Waals surface area contributed by atoms with Gasteiger partial charge in [0.15, 0.2) is 10.4 Å². The number of hydrogen-bond donors (Lipinski definition) is 1. The first kappa shape index (κ1) is 15.9. The predicted molar refractivity (Wildman–Crippen MR) is 97.4 cm³/mol.